The highest BCUT2D eigenvalue weighted by molar-refractivity contribution is 7.99. The normalized spacial score (nSPS) is 11.5. The molecule has 0 bridgehead atoms. The van der Waals surface area contributed by atoms with Gasteiger partial charge in [0.25, 0.3) is 0 Å². The van der Waals surface area contributed by atoms with Crippen LogP contribution in [0.3, 0.4) is 0 Å². The molecule has 1 amide bonds. The van der Waals surface area contributed by atoms with E-state index in [0.717, 1.165) is 17.1 Å². The van der Waals surface area contributed by atoms with Crippen molar-refractivity contribution in [1.82, 2.24) is 5.32 Å². The molecule has 0 fully saturated rings. The van der Waals surface area contributed by atoms with Gasteiger partial charge in [0, 0.05) is 11.4 Å². The Hall–Kier alpha value is -1.67. The predicted molar refractivity (Wildman–Crippen MR) is 83.9 cm³/mol. The van der Waals surface area contributed by atoms with Crippen molar-refractivity contribution in [2.45, 2.75) is 38.1 Å². The van der Waals surface area contributed by atoms with Gasteiger partial charge in [0.15, 0.2) is 0 Å². The molecule has 1 rings (SSSR count). The zero-order valence-corrected chi connectivity index (χ0v) is 13.0. The fraction of sp³-hybridized carbons (Fsp3) is 0.467. The van der Waals surface area contributed by atoms with E-state index in [2.05, 4.69) is 16.7 Å². The van der Waals surface area contributed by atoms with Gasteiger partial charge in [-0.1, -0.05) is 19.9 Å². The Balaban J connectivity index is 2.84. The molecule has 0 saturated heterocycles. The molecule has 1 aromatic carbocycles. The Labute approximate surface area is 124 Å². The van der Waals surface area contributed by atoms with Crippen molar-refractivity contribution in [3.8, 4) is 6.07 Å². The van der Waals surface area contributed by atoms with Gasteiger partial charge >= 0.3 is 0 Å². The largest absolute Gasteiger partial charge is 0.373 e. The molecule has 1 atom stereocenters. The first kappa shape index (κ1) is 16.4. The van der Waals surface area contributed by atoms with Crippen molar-refractivity contribution in [3.05, 3.63) is 23.8 Å². The first-order valence-electron chi connectivity index (χ1n) is 6.84. The number of carbonyl (C=O) groups excluding carboxylic acids is 1. The number of hydrogen-bond donors (Lipinski definition) is 2. The zero-order chi connectivity index (χ0) is 15.0. The summed E-state index contributed by atoms with van der Waals surface area (Å²) in [5, 5.41) is 15.3. The number of carbonyl (C=O) groups is 1. The van der Waals surface area contributed by atoms with Gasteiger partial charge in [0.05, 0.1) is 11.3 Å². The van der Waals surface area contributed by atoms with Crippen LogP contribution in [0.2, 0.25) is 0 Å². The molecule has 1 unspecified atom stereocenters. The molecular weight excluding hydrogens is 270 g/mol. The number of amides is 1. The molecule has 0 aliphatic carbocycles. The van der Waals surface area contributed by atoms with E-state index in [1.165, 1.54) is 0 Å². The summed E-state index contributed by atoms with van der Waals surface area (Å²) >= 11 is 1.63. The highest BCUT2D eigenvalue weighted by atomic mass is 32.2. The first-order chi connectivity index (χ1) is 9.63. The van der Waals surface area contributed by atoms with Crippen molar-refractivity contribution in [2.24, 2.45) is 0 Å². The minimum Gasteiger partial charge on any atom is -0.373 e. The van der Waals surface area contributed by atoms with Crippen LogP contribution in [0.15, 0.2) is 23.1 Å². The van der Waals surface area contributed by atoms with Crippen LogP contribution in [-0.2, 0) is 4.79 Å². The molecule has 0 aliphatic rings. The van der Waals surface area contributed by atoms with E-state index in [9.17, 15) is 10.1 Å². The van der Waals surface area contributed by atoms with Crippen molar-refractivity contribution in [3.63, 3.8) is 0 Å². The van der Waals surface area contributed by atoms with E-state index in [-0.39, 0.29) is 11.9 Å². The van der Waals surface area contributed by atoms with Crippen LogP contribution in [-0.4, -0.2) is 24.2 Å². The van der Waals surface area contributed by atoms with E-state index in [1.807, 2.05) is 32.0 Å². The van der Waals surface area contributed by atoms with Crippen LogP contribution < -0.4 is 10.6 Å². The second-order valence-electron chi connectivity index (χ2n) is 4.38. The lowest BCUT2D eigenvalue weighted by Crippen LogP contribution is -2.38. The van der Waals surface area contributed by atoms with Crippen molar-refractivity contribution in [1.29, 1.82) is 5.26 Å². The van der Waals surface area contributed by atoms with Crippen molar-refractivity contribution >= 4 is 23.4 Å². The third kappa shape index (κ3) is 4.46. The van der Waals surface area contributed by atoms with Crippen LogP contribution >= 0.6 is 11.8 Å². The molecule has 108 valence electrons. The lowest BCUT2D eigenvalue weighted by atomic mass is 10.1. The maximum atomic E-state index is 11.9. The van der Waals surface area contributed by atoms with E-state index in [1.54, 1.807) is 18.7 Å². The van der Waals surface area contributed by atoms with Crippen molar-refractivity contribution in [2.75, 3.05) is 17.6 Å². The zero-order valence-electron chi connectivity index (χ0n) is 12.2. The lowest BCUT2D eigenvalue weighted by Gasteiger charge is -2.17. The molecule has 0 aromatic heterocycles. The Morgan fingerprint density at radius 3 is 2.80 bits per heavy atom. The Kier molecular flexibility index (Phi) is 6.96. The monoisotopic (exact) mass is 291 g/mol. The average molecular weight is 291 g/mol. The number of benzene rings is 1. The highest BCUT2D eigenvalue weighted by Crippen LogP contribution is 2.28. The number of nitriles is 1. The summed E-state index contributed by atoms with van der Waals surface area (Å²) in [6, 6.07) is 7.52. The second kappa shape index (κ2) is 8.49. The van der Waals surface area contributed by atoms with Gasteiger partial charge in [-0.05, 0) is 31.2 Å². The summed E-state index contributed by atoms with van der Waals surface area (Å²) in [6.45, 7) is 6.53. The smallest absolute Gasteiger partial charge is 0.242 e. The standard InChI is InChI=1S/C15H21N3OS/c1-4-9-17-15(19)11(3)18-13-7-6-8-14(20-5-2)12(13)10-16/h6-8,11,18H,4-5,9H2,1-3H3,(H,17,19). The second-order valence-corrected chi connectivity index (χ2v) is 5.69. The number of nitrogens with zero attached hydrogens (tertiary/aromatic N) is 1. The van der Waals surface area contributed by atoms with Crippen LogP contribution in [0.4, 0.5) is 5.69 Å². The quantitative estimate of drug-likeness (QED) is 0.758. The van der Waals surface area contributed by atoms with Gasteiger partial charge < -0.3 is 10.6 Å². The molecule has 4 nitrogen and oxygen atoms in total. The van der Waals surface area contributed by atoms with Crippen LogP contribution in [0.1, 0.15) is 32.8 Å². The van der Waals surface area contributed by atoms with Gasteiger partial charge in [0.1, 0.15) is 12.1 Å². The summed E-state index contributed by atoms with van der Waals surface area (Å²) in [7, 11) is 0. The molecule has 1 aromatic rings. The maximum absolute atomic E-state index is 11.9. The summed E-state index contributed by atoms with van der Waals surface area (Å²) in [6.07, 6.45) is 0.907. The number of nitrogens with one attached hydrogen (secondary N) is 2. The van der Waals surface area contributed by atoms with Gasteiger partial charge in [-0.3, -0.25) is 4.79 Å². The minimum atomic E-state index is -0.365. The van der Waals surface area contributed by atoms with E-state index in [0.29, 0.717) is 17.8 Å². The van der Waals surface area contributed by atoms with E-state index >= 15 is 0 Å². The Morgan fingerprint density at radius 2 is 2.20 bits per heavy atom. The molecule has 0 heterocycles. The molecule has 0 spiro atoms. The van der Waals surface area contributed by atoms with Gasteiger partial charge in [-0.2, -0.15) is 5.26 Å². The SMILES string of the molecule is CCCNC(=O)C(C)Nc1cccc(SCC)c1C#N. The van der Waals surface area contributed by atoms with E-state index < -0.39 is 0 Å². The van der Waals surface area contributed by atoms with Gasteiger partial charge in [-0.15, -0.1) is 11.8 Å². The van der Waals surface area contributed by atoms with Crippen molar-refractivity contribution < 1.29 is 4.79 Å². The molecule has 0 radical (unpaired) electrons. The molecule has 0 aliphatic heterocycles. The van der Waals surface area contributed by atoms with Crippen LogP contribution in [0, 0.1) is 11.3 Å². The lowest BCUT2D eigenvalue weighted by molar-refractivity contribution is -0.121. The topological polar surface area (TPSA) is 64.9 Å². The maximum Gasteiger partial charge on any atom is 0.242 e. The fourth-order valence-electron chi connectivity index (χ4n) is 1.74. The molecular formula is C15H21N3OS. The molecule has 0 saturated carbocycles. The third-order valence-electron chi connectivity index (χ3n) is 2.75. The third-order valence-corrected chi connectivity index (χ3v) is 3.69. The van der Waals surface area contributed by atoms with Gasteiger partial charge in [-0.25, -0.2) is 0 Å². The number of rotatable bonds is 7. The Morgan fingerprint density at radius 1 is 1.45 bits per heavy atom. The fourth-order valence-corrected chi connectivity index (χ4v) is 2.53. The molecule has 20 heavy (non-hydrogen) atoms. The van der Waals surface area contributed by atoms with Crippen LogP contribution in [0.25, 0.3) is 0 Å². The Bertz CT molecular complexity index is 496. The number of thioether (sulfide) groups is 1. The summed E-state index contributed by atoms with van der Waals surface area (Å²) in [5.74, 6) is 0.856. The average Bonchev–Trinajstić information content (AvgIpc) is 2.45. The van der Waals surface area contributed by atoms with Gasteiger partial charge in [0.2, 0.25) is 5.91 Å². The first-order valence-corrected chi connectivity index (χ1v) is 7.82. The molecule has 2 N–H and O–H groups in total. The summed E-state index contributed by atoms with van der Waals surface area (Å²) < 4.78 is 0. The van der Waals surface area contributed by atoms with E-state index in [4.69, 9.17) is 0 Å². The highest BCUT2D eigenvalue weighted by Gasteiger charge is 2.15. The molecule has 5 heteroatoms. The predicted octanol–water partition coefficient (Wildman–Crippen LogP) is 3.00. The minimum absolute atomic E-state index is 0.0516. The number of anilines is 1. The summed E-state index contributed by atoms with van der Waals surface area (Å²) in [4.78, 5) is 12.8. The van der Waals surface area contributed by atoms with Crippen LogP contribution in [0.5, 0.6) is 0 Å². The number of hydrogen-bond acceptors (Lipinski definition) is 4. The summed E-state index contributed by atoms with van der Waals surface area (Å²) in [5.41, 5.74) is 1.32.